The second-order valence-corrected chi connectivity index (χ2v) is 7.60. The van der Waals surface area contributed by atoms with E-state index in [1.807, 2.05) is 31.2 Å². The number of rotatable bonds is 4. The number of anilines is 1. The number of aryl methyl sites for hydroxylation is 1. The summed E-state index contributed by atoms with van der Waals surface area (Å²) in [7, 11) is -3.47. The van der Waals surface area contributed by atoms with Gasteiger partial charge in [-0.1, -0.05) is 17.7 Å². The Kier molecular flexibility index (Phi) is 3.30. The molecule has 19 heavy (non-hydrogen) atoms. The number of hydrogen-bond acceptors (Lipinski definition) is 4. The monoisotopic (exact) mass is 282 g/mol. The van der Waals surface area contributed by atoms with Crippen LogP contribution in [0.15, 0.2) is 24.3 Å². The number of carbonyl (C=O) groups is 1. The molecule has 0 aliphatic carbocycles. The van der Waals surface area contributed by atoms with Gasteiger partial charge in [0.1, 0.15) is 0 Å². The molecule has 2 rings (SSSR count). The second-order valence-electron chi connectivity index (χ2n) is 5.19. The lowest BCUT2D eigenvalue weighted by molar-refractivity contribution is -0.132. The van der Waals surface area contributed by atoms with Crippen LogP contribution < -0.4 is 5.32 Å². The molecular formula is C13H18N2O3S. The van der Waals surface area contributed by atoms with Gasteiger partial charge in [-0.2, -0.15) is 0 Å². The summed E-state index contributed by atoms with van der Waals surface area (Å²) < 4.78 is 23.4. The molecule has 0 atom stereocenters. The highest BCUT2D eigenvalue weighted by Crippen LogP contribution is 2.34. The molecule has 1 N–H and O–H groups in total. The van der Waals surface area contributed by atoms with E-state index in [-0.39, 0.29) is 12.5 Å². The molecule has 1 aliphatic heterocycles. The summed E-state index contributed by atoms with van der Waals surface area (Å²) in [6, 6.07) is 7.78. The molecule has 0 aromatic heterocycles. The number of nitrogens with zero attached hydrogens (tertiary/aromatic N) is 1. The fourth-order valence-electron chi connectivity index (χ4n) is 1.95. The lowest BCUT2D eigenvalue weighted by atomic mass is 10.2. The largest absolute Gasteiger partial charge is 0.383 e. The summed E-state index contributed by atoms with van der Waals surface area (Å²) in [6.45, 7) is 5.45. The molecule has 0 spiro atoms. The van der Waals surface area contributed by atoms with Crippen LogP contribution in [0.2, 0.25) is 0 Å². The molecule has 1 heterocycles. The molecule has 0 saturated carbocycles. The van der Waals surface area contributed by atoms with Crippen LogP contribution in [0.25, 0.3) is 0 Å². The van der Waals surface area contributed by atoms with Gasteiger partial charge in [0.15, 0.2) is 4.75 Å². The SMILES string of the molecule is Cc1ccc(NCCN2C(=O)C(C)(C)S2(=O)=O)cc1. The lowest BCUT2D eigenvalue weighted by Gasteiger charge is -2.43. The Hall–Kier alpha value is -1.56. The first-order valence-electron chi connectivity index (χ1n) is 6.14. The first-order chi connectivity index (χ1) is 8.76. The maximum absolute atomic E-state index is 11.8. The average Bonchev–Trinajstić information content (AvgIpc) is 2.35. The molecule has 1 saturated heterocycles. The van der Waals surface area contributed by atoms with Crippen molar-refractivity contribution in [2.24, 2.45) is 0 Å². The molecule has 6 heteroatoms. The Morgan fingerprint density at radius 2 is 1.79 bits per heavy atom. The van der Waals surface area contributed by atoms with E-state index in [4.69, 9.17) is 0 Å². The van der Waals surface area contributed by atoms with Crippen LogP contribution in [0.3, 0.4) is 0 Å². The van der Waals surface area contributed by atoms with E-state index >= 15 is 0 Å². The minimum absolute atomic E-state index is 0.165. The van der Waals surface area contributed by atoms with Gasteiger partial charge in [0.25, 0.3) is 15.9 Å². The van der Waals surface area contributed by atoms with Crippen LogP contribution in [-0.4, -0.2) is 36.5 Å². The predicted octanol–water partition coefficient (Wildman–Crippen LogP) is 1.36. The molecular weight excluding hydrogens is 264 g/mol. The zero-order chi connectivity index (χ0) is 14.3. The van der Waals surface area contributed by atoms with Crippen molar-refractivity contribution in [3.05, 3.63) is 29.8 Å². The molecule has 1 aromatic rings. The van der Waals surface area contributed by atoms with Crippen LogP contribution in [0.5, 0.6) is 0 Å². The van der Waals surface area contributed by atoms with E-state index < -0.39 is 14.8 Å². The quantitative estimate of drug-likeness (QED) is 0.905. The van der Waals surface area contributed by atoms with Gasteiger partial charge >= 0.3 is 0 Å². The summed E-state index contributed by atoms with van der Waals surface area (Å²) in [4.78, 5) is 11.7. The molecule has 5 nitrogen and oxygen atoms in total. The summed E-state index contributed by atoms with van der Waals surface area (Å²) >= 11 is 0. The smallest absolute Gasteiger partial charge is 0.258 e. The average molecular weight is 282 g/mol. The molecule has 1 aromatic carbocycles. The number of nitrogens with one attached hydrogen (secondary N) is 1. The van der Waals surface area contributed by atoms with Gasteiger partial charge in [0.05, 0.1) is 6.54 Å². The van der Waals surface area contributed by atoms with Crippen LogP contribution in [0, 0.1) is 6.92 Å². The molecule has 0 unspecified atom stereocenters. The van der Waals surface area contributed by atoms with E-state index in [9.17, 15) is 13.2 Å². The Balaban J connectivity index is 1.91. The molecule has 104 valence electrons. The number of benzene rings is 1. The Labute approximate surface area is 113 Å². The molecule has 0 radical (unpaired) electrons. The van der Waals surface area contributed by atoms with Crippen molar-refractivity contribution in [2.75, 3.05) is 18.4 Å². The first kappa shape index (κ1) is 13.9. The van der Waals surface area contributed by atoms with E-state index in [2.05, 4.69) is 5.32 Å². The molecule has 1 fully saturated rings. The fourth-order valence-corrected chi connectivity index (χ4v) is 3.48. The zero-order valence-corrected chi connectivity index (χ0v) is 12.1. The van der Waals surface area contributed by atoms with Crippen LogP contribution >= 0.6 is 0 Å². The first-order valence-corrected chi connectivity index (χ1v) is 7.58. The number of sulfonamides is 1. The van der Waals surface area contributed by atoms with E-state index in [0.717, 1.165) is 15.6 Å². The van der Waals surface area contributed by atoms with Crippen molar-refractivity contribution in [1.29, 1.82) is 0 Å². The minimum Gasteiger partial charge on any atom is -0.383 e. The number of hydrogen-bond donors (Lipinski definition) is 1. The highest BCUT2D eigenvalue weighted by Gasteiger charge is 2.59. The van der Waals surface area contributed by atoms with E-state index in [1.54, 1.807) is 0 Å². The van der Waals surface area contributed by atoms with E-state index in [0.29, 0.717) is 6.54 Å². The summed E-state index contributed by atoms with van der Waals surface area (Å²) in [6.07, 6.45) is 0. The van der Waals surface area contributed by atoms with Crippen molar-refractivity contribution in [2.45, 2.75) is 25.5 Å². The fraction of sp³-hybridized carbons (Fsp3) is 0.462. The lowest BCUT2D eigenvalue weighted by Crippen LogP contribution is -2.67. The van der Waals surface area contributed by atoms with Gasteiger partial charge in [-0.05, 0) is 32.9 Å². The Morgan fingerprint density at radius 3 is 2.32 bits per heavy atom. The summed E-state index contributed by atoms with van der Waals surface area (Å²) in [5.74, 6) is -0.335. The van der Waals surface area contributed by atoms with Crippen LogP contribution in [-0.2, 0) is 14.8 Å². The van der Waals surface area contributed by atoms with Crippen LogP contribution in [0.4, 0.5) is 5.69 Å². The van der Waals surface area contributed by atoms with Gasteiger partial charge in [-0.3, -0.25) is 4.79 Å². The topological polar surface area (TPSA) is 66.5 Å². The summed E-state index contributed by atoms with van der Waals surface area (Å²) in [5.41, 5.74) is 2.07. The van der Waals surface area contributed by atoms with Crippen molar-refractivity contribution < 1.29 is 13.2 Å². The van der Waals surface area contributed by atoms with Crippen molar-refractivity contribution in [3.63, 3.8) is 0 Å². The number of carbonyl (C=O) groups excluding carboxylic acids is 1. The summed E-state index contributed by atoms with van der Waals surface area (Å²) in [5, 5.41) is 3.10. The zero-order valence-electron chi connectivity index (χ0n) is 11.3. The third-order valence-corrected chi connectivity index (χ3v) is 5.77. The highest BCUT2D eigenvalue weighted by atomic mass is 32.2. The minimum atomic E-state index is -3.47. The second kappa shape index (κ2) is 4.52. The van der Waals surface area contributed by atoms with Crippen molar-refractivity contribution in [1.82, 2.24) is 4.31 Å². The van der Waals surface area contributed by atoms with Gasteiger partial charge in [-0.25, -0.2) is 12.7 Å². The van der Waals surface area contributed by atoms with Gasteiger partial charge < -0.3 is 5.32 Å². The van der Waals surface area contributed by atoms with Crippen LogP contribution in [0.1, 0.15) is 19.4 Å². The predicted molar refractivity (Wildman–Crippen MR) is 74.4 cm³/mol. The van der Waals surface area contributed by atoms with Gasteiger partial charge in [0, 0.05) is 12.2 Å². The molecule has 1 aliphatic rings. The Morgan fingerprint density at radius 1 is 1.21 bits per heavy atom. The maximum Gasteiger partial charge on any atom is 0.258 e. The van der Waals surface area contributed by atoms with Crippen molar-refractivity contribution >= 4 is 21.6 Å². The number of amides is 1. The Bertz CT molecular complexity index is 591. The molecule has 0 bridgehead atoms. The van der Waals surface area contributed by atoms with Gasteiger partial charge in [0.2, 0.25) is 0 Å². The van der Waals surface area contributed by atoms with Crippen molar-refractivity contribution in [3.8, 4) is 0 Å². The maximum atomic E-state index is 11.8. The normalized spacial score (nSPS) is 19.9. The third kappa shape index (κ3) is 2.20. The third-order valence-electron chi connectivity index (χ3n) is 3.37. The highest BCUT2D eigenvalue weighted by molar-refractivity contribution is 7.94. The van der Waals surface area contributed by atoms with E-state index in [1.165, 1.54) is 13.8 Å². The standard InChI is InChI=1S/C13H18N2O3S/c1-10-4-6-11(7-5-10)14-8-9-15-12(16)13(2,3)19(15,17)18/h4-7,14H,8-9H2,1-3H3. The molecule has 1 amide bonds. The van der Waals surface area contributed by atoms with Gasteiger partial charge in [-0.15, -0.1) is 0 Å².